The maximum atomic E-state index is 11.6. The molecule has 0 unspecified atom stereocenters. The fourth-order valence-corrected chi connectivity index (χ4v) is 3.25. The predicted molar refractivity (Wildman–Crippen MR) is 58.3 cm³/mol. The van der Waals surface area contributed by atoms with Gasteiger partial charge < -0.3 is 0 Å². The minimum atomic E-state index is -3.43. The van der Waals surface area contributed by atoms with E-state index in [4.69, 9.17) is 5.53 Å². The van der Waals surface area contributed by atoms with Gasteiger partial charge >= 0.3 is 0 Å². The molecule has 1 N–H and O–H groups in total. The predicted octanol–water partition coefficient (Wildman–Crippen LogP) is 1.65. The average molecular weight is 246 g/mol. The summed E-state index contributed by atoms with van der Waals surface area (Å²) < 4.78 is 25.8. The van der Waals surface area contributed by atoms with Gasteiger partial charge in [-0.05, 0) is 24.6 Å². The van der Waals surface area contributed by atoms with E-state index in [1.54, 1.807) is 12.1 Å². The van der Waals surface area contributed by atoms with E-state index in [-0.39, 0.29) is 17.3 Å². The normalized spacial score (nSPS) is 11.0. The van der Waals surface area contributed by atoms with Crippen LogP contribution in [0.25, 0.3) is 10.4 Å². The van der Waals surface area contributed by atoms with Crippen LogP contribution in [0.15, 0.2) is 21.5 Å². The van der Waals surface area contributed by atoms with Crippen molar-refractivity contribution in [1.82, 2.24) is 4.72 Å². The van der Waals surface area contributed by atoms with Crippen LogP contribution in [0.5, 0.6) is 0 Å². The Balaban J connectivity index is 2.64. The Morgan fingerprint density at radius 3 is 2.87 bits per heavy atom. The summed E-state index contributed by atoms with van der Waals surface area (Å²) in [4.78, 5) is 3.46. The number of thiophene rings is 1. The number of nitrogens with one attached hydrogen (secondary N) is 1. The number of hydrogen-bond donors (Lipinski definition) is 1. The molecule has 0 aliphatic carbocycles. The topological polar surface area (TPSA) is 94.9 Å². The number of aryl methyl sites for hydroxylation is 1. The molecular formula is C7H10N4O2S2. The molecule has 6 nitrogen and oxygen atoms in total. The van der Waals surface area contributed by atoms with Crippen LogP contribution < -0.4 is 4.72 Å². The number of rotatable bonds is 5. The zero-order valence-corrected chi connectivity index (χ0v) is 9.68. The number of azide groups is 1. The van der Waals surface area contributed by atoms with E-state index < -0.39 is 10.0 Å². The first kappa shape index (κ1) is 12.0. The largest absolute Gasteiger partial charge is 0.250 e. The molecule has 0 aliphatic heterocycles. The van der Waals surface area contributed by atoms with Crippen LogP contribution in [0.2, 0.25) is 0 Å². The summed E-state index contributed by atoms with van der Waals surface area (Å²) in [5.74, 6) is 0. The highest BCUT2D eigenvalue weighted by Crippen LogP contribution is 2.19. The standard InChI is InChI=1S/C7H10N4O2S2/c1-6-2-3-7(14-6)15(12,13)10-5-4-9-11-8/h2-3,10H,4-5H2,1H3. The third-order valence-electron chi connectivity index (χ3n) is 1.55. The highest BCUT2D eigenvalue weighted by molar-refractivity contribution is 7.91. The zero-order chi connectivity index (χ0) is 11.3. The molecule has 0 saturated carbocycles. The second kappa shape index (κ2) is 5.13. The summed E-state index contributed by atoms with van der Waals surface area (Å²) in [6, 6.07) is 3.29. The molecule has 1 rings (SSSR count). The Morgan fingerprint density at radius 1 is 1.60 bits per heavy atom. The molecule has 0 atom stereocenters. The minimum Gasteiger partial charge on any atom is -0.210 e. The molecule has 8 heteroatoms. The highest BCUT2D eigenvalue weighted by atomic mass is 32.2. The van der Waals surface area contributed by atoms with Gasteiger partial charge in [0, 0.05) is 22.9 Å². The molecule has 0 fully saturated rings. The summed E-state index contributed by atoms with van der Waals surface area (Å²) in [6.45, 7) is 2.06. The van der Waals surface area contributed by atoms with Crippen molar-refractivity contribution in [2.24, 2.45) is 5.11 Å². The minimum absolute atomic E-state index is 0.111. The summed E-state index contributed by atoms with van der Waals surface area (Å²) in [5, 5.41) is 3.23. The molecule has 0 spiro atoms. The van der Waals surface area contributed by atoms with Gasteiger partial charge in [0.15, 0.2) is 0 Å². The maximum Gasteiger partial charge on any atom is 0.250 e. The molecule has 0 aliphatic rings. The van der Waals surface area contributed by atoms with Gasteiger partial charge in [0.2, 0.25) is 10.0 Å². The van der Waals surface area contributed by atoms with Gasteiger partial charge in [-0.1, -0.05) is 5.11 Å². The first-order valence-corrected chi connectivity index (χ1v) is 6.43. The molecular weight excluding hydrogens is 236 g/mol. The van der Waals surface area contributed by atoms with E-state index in [9.17, 15) is 8.42 Å². The van der Waals surface area contributed by atoms with E-state index in [1.165, 1.54) is 11.3 Å². The number of sulfonamides is 1. The lowest BCUT2D eigenvalue weighted by molar-refractivity contribution is 0.584. The second-order valence-electron chi connectivity index (χ2n) is 2.72. The van der Waals surface area contributed by atoms with Crippen molar-refractivity contribution in [2.75, 3.05) is 13.1 Å². The molecule has 0 bridgehead atoms. The van der Waals surface area contributed by atoms with E-state index in [2.05, 4.69) is 14.7 Å². The molecule has 0 radical (unpaired) electrons. The Kier molecular flexibility index (Phi) is 4.10. The van der Waals surface area contributed by atoms with Gasteiger partial charge in [-0.2, -0.15) is 0 Å². The van der Waals surface area contributed by atoms with Gasteiger partial charge in [-0.3, -0.25) is 0 Å². The number of nitrogens with zero attached hydrogens (tertiary/aromatic N) is 3. The SMILES string of the molecule is Cc1ccc(S(=O)(=O)NCCN=[N+]=[N-])s1. The van der Waals surface area contributed by atoms with Crippen LogP contribution in [0.4, 0.5) is 0 Å². The lowest BCUT2D eigenvalue weighted by Gasteiger charge is -2.01. The fraction of sp³-hybridized carbons (Fsp3) is 0.429. The third kappa shape index (κ3) is 3.52. The Hall–Kier alpha value is -1.08. The molecule has 15 heavy (non-hydrogen) atoms. The molecule has 0 aromatic carbocycles. The summed E-state index contributed by atoms with van der Waals surface area (Å²) in [5.41, 5.74) is 8.00. The summed E-state index contributed by atoms with van der Waals surface area (Å²) in [6.07, 6.45) is 0. The van der Waals surface area contributed by atoms with Crippen molar-refractivity contribution in [1.29, 1.82) is 0 Å². The van der Waals surface area contributed by atoms with Crippen LogP contribution in [0, 0.1) is 6.92 Å². The van der Waals surface area contributed by atoms with Gasteiger partial charge in [0.25, 0.3) is 0 Å². The number of hydrogen-bond acceptors (Lipinski definition) is 4. The average Bonchev–Trinajstić information content (AvgIpc) is 2.60. The monoisotopic (exact) mass is 246 g/mol. The first-order chi connectivity index (χ1) is 7.06. The summed E-state index contributed by atoms with van der Waals surface area (Å²) >= 11 is 1.20. The van der Waals surface area contributed by atoms with Crippen molar-refractivity contribution in [3.05, 3.63) is 27.5 Å². The van der Waals surface area contributed by atoms with Gasteiger partial charge in [-0.25, -0.2) is 13.1 Å². The zero-order valence-electron chi connectivity index (χ0n) is 8.04. The first-order valence-electron chi connectivity index (χ1n) is 4.13. The van der Waals surface area contributed by atoms with Gasteiger partial charge in [0.05, 0.1) is 0 Å². The molecule has 1 aromatic heterocycles. The van der Waals surface area contributed by atoms with Crippen molar-refractivity contribution < 1.29 is 8.42 Å². The molecule has 0 saturated heterocycles. The molecule has 1 aromatic rings. The molecule has 82 valence electrons. The van der Waals surface area contributed by atoms with Crippen LogP contribution >= 0.6 is 11.3 Å². The smallest absolute Gasteiger partial charge is 0.210 e. The maximum absolute atomic E-state index is 11.6. The van der Waals surface area contributed by atoms with Gasteiger partial charge in [-0.15, -0.1) is 11.3 Å². The Bertz CT molecular complexity index is 473. The van der Waals surface area contributed by atoms with Crippen molar-refractivity contribution >= 4 is 21.4 Å². The van der Waals surface area contributed by atoms with Crippen molar-refractivity contribution in [3.8, 4) is 0 Å². The Morgan fingerprint density at radius 2 is 2.33 bits per heavy atom. The van der Waals surface area contributed by atoms with Crippen LogP contribution in [-0.2, 0) is 10.0 Å². The summed E-state index contributed by atoms with van der Waals surface area (Å²) in [7, 11) is -3.43. The van der Waals surface area contributed by atoms with E-state index >= 15 is 0 Å². The van der Waals surface area contributed by atoms with Gasteiger partial charge in [0.1, 0.15) is 4.21 Å². The lowest BCUT2D eigenvalue weighted by atomic mass is 10.5. The second-order valence-corrected chi connectivity index (χ2v) is 6.00. The van der Waals surface area contributed by atoms with E-state index in [1.807, 2.05) is 6.92 Å². The van der Waals surface area contributed by atoms with E-state index in [0.717, 1.165) is 4.88 Å². The third-order valence-corrected chi connectivity index (χ3v) is 4.50. The molecule has 0 amide bonds. The van der Waals surface area contributed by atoms with Crippen LogP contribution in [-0.4, -0.2) is 21.5 Å². The van der Waals surface area contributed by atoms with E-state index in [0.29, 0.717) is 0 Å². The van der Waals surface area contributed by atoms with Crippen LogP contribution in [0.1, 0.15) is 4.88 Å². The lowest BCUT2D eigenvalue weighted by Crippen LogP contribution is -2.25. The van der Waals surface area contributed by atoms with Crippen molar-refractivity contribution in [2.45, 2.75) is 11.1 Å². The molecule has 1 heterocycles. The van der Waals surface area contributed by atoms with Crippen molar-refractivity contribution in [3.63, 3.8) is 0 Å². The Labute approximate surface area is 91.6 Å². The fourth-order valence-electron chi connectivity index (χ4n) is 0.902. The highest BCUT2D eigenvalue weighted by Gasteiger charge is 2.14. The quantitative estimate of drug-likeness (QED) is 0.370. The van der Waals surface area contributed by atoms with Crippen LogP contribution in [0.3, 0.4) is 0 Å².